The highest BCUT2D eigenvalue weighted by Crippen LogP contribution is 2.24. The van der Waals surface area contributed by atoms with Gasteiger partial charge in [0.25, 0.3) is 0 Å². The van der Waals surface area contributed by atoms with E-state index in [4.69, 9.17) is 9.47 Å². The van der Waals surface area contributed by atoms with Crippen LogP contribution in [0.1, 0.15) is 33.1 Å². The Balaban J connectivity index is 2.61. The molecule has 1 aliphatic heterocycles. The average molecular weight is 349 g/mol. The lowest BCUT2D eigenvalue weighted by molar-refractivity contribution is -0.0828. The van der Waals surface area contributed by atoms with Crippen LogP contribution in [0.4, 0.5) is 0 Å². The Kier molecular flexibility index (Phi) is 8.28. The van der Waals surface area contributed by atoms with Gasteiger partial charge >= 0.3 is 0 Å². The molecular formula is C15H31N3O4S. The van der Waals surface area contributed by atoms with Gasteiger partial charge in [-0.1, -0.05) is 0 Å². The van der Waals surface area contributed by atoms with Gasteiger partial charge in [-0.25, -0.2) is 8.42 Å². The van der Waals surface area contributed by atoms with Crippen molar-refractivity contribution >= 4 is 15.8 Å². The lowest BCUT2D eigenvalue weighted by atomic mass is 9.94. The summed E-state index contributed by atoms with van der Waals surface area (Å²) in [5, 5.41) is 6.45. The molecule has 0 amide bonds. The summed E-state index contributed by atoms with van der Waals surface area (Å²) in [4.78, 5) is 4.63. The minimum atomic E-state index is -2.94. The number of sulfone groups is 1. The van der Waals surface area contributed by atoms with Crippen LogP contribution in [0.15, 0.2) is 4.99 Å². The van der Waals surface area contributed by atoms with Crippen LogP contribution < -0.4 is 10.6 Å². The fourth-order valence-corrected chi connectivity index (χ4v) is 3.19. The second kappa shape index (κ2) is 9.44. The predicted molar refractivity (Wildman–Crippen MR) is 92.7 cm³/mol. The zero-order chi connectivity index (χ0) is 17.3. The molecule has 0 radical (unpaired) electrons. The first-order chi connectivity index (χ1) is 10.8. The lowest BCUT2D eigenvalue weighted by Crippen LogP contribution is -2.46. The monoisotopic (exact) mass is 349 g/mol. The Labute approximate surface area is 140 Å². The molecule has 8 heteroatoms. The number of nitrogens with zero attached hydrogens (tertiary/aromatic N) is 1. The molecule has 0 aromatic carbocycles. The van der Waals surface area contributed by atoms with Gasteiger partial charge in [0, 0.05) is 52.0 Å². The number of hydrogen-bond donors (Lipinski definition) is 2. The molecule has 23 heavy (non-hydrogen) atoms. The van der Waals surface area contributed by atoms with E-state index in [-0.39, 0.29) is 17.4 Å². The second-order valence-corrected chi connectivity index (χ2v) is 8.42. The molecule has 0 aliphatic carbocycles. The van der Waals surface area contributed by atoms with Crippen molar-refractivity contribution in [1.29, 1.82) is 0 Å². The molecule has 1 atom stereocenters. The molecule has 1 rings (SSSR count). The maximum atomic E-state index is 11.3. The van der Waals surface area contributed by atoms with Crippen LogP contribution in [0.5, 0.6) is 0 Å². The fraction of sp³-hybridized carbons (Fsp3) is 0.933. The fourth-order valence-electron chi connectivity index (χ4n) is 2.41. The van der Waals surface area contributed by atoms with E-state index in [0.717, 1.165) is 19.4 Å². The van der Waals surface area contributed by atoms with Gasteiger partial charge in [0.2, 0.25) is 0 Å². The first-order valence-corrected chi connectivity index (χ1v) is 10.2. The summed E-state index contributed by atoms with van der Waals surface area (Å²) in [5.41, 5.74) is -0.267. The van der Waals surface area contributed by atoms with E-state index >= 15 is 0 Å². The summed E-state index contributed by atoms with van der Waals surface area (Å²) in [6.45, 7) is 6.64. The van der Waals surface area contributed by atoms with Gasteiger partial charge in [-0.2, -0.15) is 0 Å². The van der Waals surface area contributed by atoms with E-state index in [1.54, 1.807) is 7.11 Å². The summed E-state index contributed by atoms with van der Waals surface area (Å²) in [6, 6.07) is 0.0238. The first kappa shape index (κ1) is 20.2. The summed E-state index contributed by atoms with van der Waals surface area (Å²) in [6.07, 6.45) is 3.46. The minimum Gasteiger partial charge on any atom is -0.381 e. The number of ether oxygens (including phenoxy) is 2. The molecule has 0 bridgehead atoms. The summed E-state index contributed by atoms with van der Waals surface area (Å²) in [7, 11) is -1.23. The molecule has 2 N–H and O–H groups in total. The number of nitrogens with one attached hydrogen (secondary N) is 2. The van der Waals surface area contributed by atoms with Crippen molar-refractivity contribution in [2.75, 3.05) is 45.4 Å². The van der Waals surface area contributed by atoms with Crippen molar-refractivity contribution in [3.05, 3.63) is 0 Å². The van der Waals surface area contributed by atoms with Gasteiger partial charge in [0.05, 0.1) is 17.9 Å². The summed E-state index contributed by atoms with van der Waals surface area (Å²) >= 11 is 0. The zero-order valence-electron chi connectivity index (χ0n) is 14.7. The molecule has 1 aliphatic rings. The minimum absolute atomic E-state index is 0.0238. The number of guanidine groups is 1. The van der Waals surface area contributed by atoms with Crippen LogP contribution in [0.25, 0.3) is 0 Å². The number of hydrogen-bond acceptors (Lipinski definition) is 5. The molecule has 1 saturated heterocycles. The van der Waals surface area contributed by atoms with Gasteiger partial charge in [-0.3, -0.25) is 4.99 Å². The van der Waals surface area contributed by atoms with Gasteiger partial charge < -0.3 is 20.1 Å². The Hall–Kier alpha value is -0.860. The third-order valence-corrected chi connectivity index (χ3v) is 4.99. The molecule has 1 heterocycles. The summed E-state index contributed by atoms with van der Waals surface area (Å²) in [5.74, 6) is 0.858. The van der Waals surface area contributed by atoms with Crippen LogP contribution >= 0.6 is 0 Å². The first-order valence-electron chi connectivity index (χ1n) is 8.16. The lowest BCUT2D eigenvalue weighted by Gasteiger charge is -2.34. The quantitative estimate of drug-likeness (QED) is 0.492. The molecule has 0 aromatic heterocycles. The van der Waals surface area contributed by atoms with E-state index in [1.807, 2.05) is 13.8 Å². The Morgan fingerprint density at radius 2 is 2.04 bits per heavy atom. The van der Waals surface area contributed by atoms with E-state index < -0.39 is 9.84 Å². The molecule has 0 spiro atoms. The van der Waals surface area contributed by atoms with Crippen LogP contribution in [0.3, 0.4) is 0 Å². The Morgan fingerprint density at radius 3 is 2.57 bits per heavy atom. The van der Waals surface area contributed by atoms with Crippen molar-refractivity contribution in [3.8, 4) is 0 Å². The van der Waals surface area contributed by atoms with E-state index in [9.17, 15) is 8.42 Å². The highest BCUT2D eigenvalue weighted by Gasteiger charge is 2.32. The van der Waals surface area contributed by atoms with E-state index in [0.29, 0.717) is 32.1 Å². The Morgan fingerprint density at radius 1 is 1.39 bits per heavy atom. The van der Waals surface area contributed by atoms with Crippen molar-refractivity contribution in [2.24, 2.45) is 4.99 Å². The maximum absolute atomic E-state index is 11.3. The topological polar surface area (TPSA) is 89.0 Å². The van der Waals surface area contributed by atoms with E-state index in [1.165, 1.54) is 6.26 Å². The van der Waals surface area contributed by atoms with Crippen molar-refractivity contribution in [3.63, 3.8) is 0 Å². The predicted octanol–water partition coefficient (Wildman–Crippen LogP) is 0.560. The standard InChI is InChI=1S/C15H31N3O4S/c1-5-16-14(18-13(2)6-11-23(4,19)20)17-12-15(21-3)7-9-22-10-8-15/h13H,5-12H2,1-4H3,(H2,16,17,18). The van der Waals surface area contributed by atoms with Crippen molar-refractivity contribution in [2.45, 2.75) is 44.8 Å². The molecule has 1 unspecified atom stereocenters. The smallest absolute Gasteiger partial charge is 0.191 e. The molecular weight excluding hydrogens is 318 g/mol. The Bertz CT molecular complexity index is 473. The molecule has 0 aromatic rings. The van der Waals surface area contributed by atoms with Crippen molar-refractivity contribution < 1.29 is 17.9 Å². The second-order valence-electron chi connectivity index (χ2n) is 6.16. The molecule has 0 saturated carbocycles. The summed E-state index contributed by atoms with van der Waals surface area (Å²) < 4.78 is 33.6. The third kappa shape index (κ3) is 7.99. The number of rotatable bonds is 8. The van der Waals surface area contributed by atoms with Gasteiger partial charge in [0.1, 0.15) is 9.84 Å². The molecule has 136 valence electrons. The van der Waals surface area contributed by atoms with Crippen molar-refractivity contribution in [1.82, 2.24) is 10.6 Å². The maximum Gasteiger partial charge on any atom is 0.191 e. The van der Waals surface area contributed by atoms with Gasteiger partial charge in [-0.15, -0.1) is 0 Å². The van der Waals surface area contributed by atoms with Gasteiger partial charge in [0.15, 0.2) is 5.96 Å². The number of aliphatic imine (C=N–C) groups is 1. The molecule has 1 fully saturated rings. The SMILES string of the molecule is CCNC(=NCC1(OC)CCOCC1)NC(C)CCS(C)(=O)=O. The zero-order valence-corrected chi connectivity index (χ0v) is 15.5. The molecule has 7 nitrogen and oxygen atoms in total. The third-order valence-electron chi connectivity index (χ3n) is 4.01. The van der Waals surface area contributed by atoms with E-state index in [2.05, 4.69) is 15.6 Å². The van der Waals surface area contributed by atoms with Crippen LogP contribution in [0, 0.1) is 0 Å². The highest BCUT2D eigenvalue weighted by atomic mass is 32.2. The largest absolute Gasteiger partial charge is 0.381 e. The number of methoxy groups -OCH3 is 1. The van der Waals surface area contributed by atoms with Crippen LogP contribution in [-0.2, 0) is 19.3 Å². The van der Waals surface area contributed by atoms with Gasteiger partial charge in [-0.05, 0) is 20.3 Å². The average Bonchev–Trinajstić information content (AvgIpc) is 2.51. The van der Waals surface area contributed by atoms with Crippen LogP contribution in [-0.4, -0.2) is 71.4 Å². The highest BCUT2D eigenvalue weighted by molar-refractivity contribution is 7.90. The van der Waals surface area contributed by atoms with Crippen LogP contribution in [0.2, 0.25) is 0 Å². The normalized spacial score (nSPS) is 20.1.